The maximum atomic E-state index is 2.91. The third-order valence-corrected chi connectivity index (χ3v) is 25.7. The van der Waals surface area contributed by atoms with E-state index in [1.807, 2.05) is 0 Å². The van der Waals surface area contributed by atoms with Crippen LogP contribution in [-0.2, 0) is 19.6 Å². The van der Waals surface area contributed by atoms with Gasteiger partial charge in [-0.2, -0.15) is 0 Å². The molecule has 9 heteroatoms. The zero-order valence-electron chi connectivity index (χ0n) is 74.7. The van der Waals surface area contributed by atoms with E-state index in [9.17, 15) is 0 Å². The van der Waals surface area contributed by atoms with Crippen LogP contribution in [0.25, 0.3) is 132 Å². The fraction of sp³-hybridized carbons (Fsp3) is 0.444. The Labute approximate surface area is 704 Å². The van der Waals surface area contributed by atoms with Gasteiger partial charge in [0.2, 0.25) is 0 Å². The van der Waals surface area contributed by atoms with Crippen molar-refractivity contribution in [3.05, 3.63) is 182 Å². The van der Waals surface area contributed by atoms with Gasteiger partial charge in [0, 0.05) is 187 Å². The number of aryl methyl sites for hydroxylation is 3. The van der Waals surface area contributed by atoms with Gasteiger partial charge >= 0.3 is 0 Å². The van der Waals surface area contributed by atoms with Gasteiger partial charge < -0.3 is 43.1 Å². The van der Waals surface area contributed by atoms with Crippen LogP contribution in [0.4, 0.5) is 34.1 Å². The van der Waals surface area contributed by atoms with E-state index < -0.39 is 0 Å². The van der Waals surface area contributed by atoms with Crippen molar-refractivity contribution < 1.29 is 0 Å². The normalized spacial score (nSPS) is 11.8. The Bertz CT molecular complexity index is 4770. The minimum absolute atomic E-state index is 0.909. The maximum absolute atomic E-state index is 2.91. The predicted molar refractivity (Wildman–Crippen MR) is 520 cm³/mol. The number of benzene rings is 10. The van der Waals surface area contributed by atoms with Gasteiger partial charge in [-0.1, -0.05) is 267 Å². The topological polar surface area (TPSA) is 34.2 Å². The summed E-state index contributed by atoms with van der Waals surface area (Å²) in [7, 11) is 26.0. The summed E-state index contributed by atoms with van der Waals surface area (Å²) in [5.41, 5.74) is 30.3. The summed E-state index contributed by atoms with van der Waals surface area (Å²) < 4.78 is 8.74. The second kappa shape index (κ2) is 40.7. The Morgan fingerprint density at radius 3 is 0.504 bits per heavy atom. The lowest BCUT2D eigenvalue weighted by Crippen LogP contribution is -2.08. The second-order valence-corrected chi connectivity index (χ2v) is 35.6. The Morgan fingerprint density at radius 2 is 0.342 bits per heavy atom. The Balaban J connectivity index is 1.21. The molecule has 3 heterocycles. The number of rotatable bonds is 45. The van der Waals surface area contributed by atoms with Crippen molar-refractivity contribution in [1.82, 2.24) is 13.7 Å². The molecule has 13 aromatic rings. The van der Waals surface area contributed by atoms with Crippen LogP contribution in [0.1, 0.15) is 213 Å². The van der Waals surface area contributed by atoms with Crippen molar-refractivity contribution in [3.63, 3.8) is 0 Å². The fourth-order valence-electron chi connectivity index (χ4n) is 18.7. The SMILES string of the molecule is CCCCCCCCCCCCn1c2cc(-c3ccc(N(C)C)cc3)c(-c3ccc(N(C)C)cc3)cc2c2c1c1c3cc(-c4ccc(N(C)C)cc4)c(-c4ccc(N(C)C)cc4)cc3n(CCCCCCCCCCCC)c1c1c3cc(-c4ccc(N(C)C)cc4)c(-c4ccc(N(C)C)cc4)cc3n(CCCCCCCCCCCC)c21. The molecule has 618 valence electrons. The molecule has 0 spiro atoms. The molecular formula is C108H141N9. The zero-order chi connectivity index (χ0) is 82.1. The Hall–Kier alpha value is -9.60. The molecule has 3 aromatic heterocycles. The summed E-state index contributed by atoms with van der Waals surface area (Å²) in [5.74, 6) is 0. The Kier molecular flexibility index (Phi) is 29.7. The maximum Gasteiger partial charge on any atom is 0.0614 e. The molecule has 0 atom stereocenters. The van der Waals surface area contributed by atoms with E-state index in [-0.39, 0.29) is 0 Å². The molecule has 0 fully saturated rings. The van der Waals surface area contributed by atoms with Gasteiger partial charge in [0.1, 0.15) is 0 Å². The highest BCUT2D eigenvalue weighted by atomic mass is 15.1. The molecule has 13 rings (SSSR count). The van der Waals surface area contributed by atoms with E-state index >= 15 is 0 Å². The average molecular weight is 1570 g/mol. The molecule has 0 bridgehead atoms. The predicted octanol–water partition coefficient (Wildman–Crippen LogP) is 30.2. The van der Waals surface area contributed by atoms with Crippen LogP contribution in [-0.4, -0.2) is 98.3 Å². The van der Waals surface area contributed by atoms with E-state index in [0.717, 1.165) is 38.9 Å². The third kappa shape index (κ3) is 19.7. The van der Waals surface area contributed by atoms with Crippen molar-refractivity contribution in [3.8, 4) is 66.8 Å². The molecule has 10 aromatic carbocycles. The number of unbranched alkanes of at least 4 members (excludes halogenated alkanes) is 27. The molecule has 0 N–H and O–H groups in total. The van der Waals surface area contributed by atoms with E-state index in [2.05, 4.69) is 330 Å². The summed E-state index contributed by atoms with van der Waals surface area (Å²) in [6.07, 6.45) is 38.5. The summed E-state index contributed by atoms with van der Waals surface area (Å²) in [6, 6.07) is 72.7. The summed E-state index contributed by atoms with van der Waals surface area (Å²) >= 11 is 0. The first kappa shape index (κ1) is 85.3. The average Bonchev–Trinajstić information content (AvgIpc) is 1.50. The highest BCUT2D eigenvalue weighted by Crippen LogP contribution is 2.54. The van der Waals surface area contributed by atoms with Crippen molar-refractivity contribution >= 4 is 99.5 Å². The lowest BCUT2D eigenvalue weighted by Gasteiger charge is -2.17. The van der Waals surface area contributed by atoms with Gasteiger partial charge in [0.05, 0.1) is 16.6 Å². The van der Waals surface area contributed by atoms with Crippen molar-refractivity contribution in [1.29, 1.82) is 0 Å². The van der Waals surface area contributed by atoms with Gasteiger partial charge in [-0.05, 0) is 195 Å². The molecule has 0 amide bonds. The first-order valence-electron chi connectivity index (χ1n) is 45.8. The number of hydrogen-bond donors (Lipinski definition) is 0. The van der Waals surface area contributed by atoms with E-state index in [1.165, 1.54) is 340 Å². The van der Waals surface area contributed by atoms with Crippen LogP contribution < -0.4 is 29.4 Å². The monoisotopic (exact) mass is 1560 g/mol. The number of hydrogen-bond acceptors (Lipinski definition) is 6. The van der Waals surface area contributed by atoms with Crippen LogP contribution in [0.15, 0.2) is 182 Å². The van der Waals surface area contributed by atoms with Gasteiger partial charge in [-0.3, -0.25) is 0 Å². The largest absolute Gasteiger partial charge is 0.378 e. The number of anilines is 6. The highest BCUT2D eigenvalue weighted by Gasteiger charge is 2.31. The van der Waals surface area contributed by atoms with E-state index in [4.69, 9.17) is 0 Å². The van der Waals surface area contributed by atoms with Gasteiger partial charge in [-0.25, -0.2) is 0 Å². The van der Waals surface area contributed by atoms with Crippen LogP contribution in [0.3, 0.4) is 0 Å². The molecule has 0 aliphatic rings. The van der Waals surface area contributed by atoms with E-state index in [0.29, 0.717) is 0 Å². The summed E-state index contributed by atoms with van der Waals surface area (Å²) in [5, 5.41) is 8.16. The van der Waals surface area contributed by atoms with Crippen LogP contribution >= 0.6 is 0 Å². The minimum atomic E-state index is 0.909. The molecule has 0 unspecified atom stereocenters. The number of fused-ring (bicyclic) bond motifs is 12. The van der Waals surface area contributed by atoms with Gasteiger partial charge in [0.15, 0.2) is 0 Å². The minimum Gasteiger partial charge on any atom is -0.378 e. The Morgan fingerprint density at radius 1 is 0.188 bits per heavy atom. The molecule has 9 nitrogen and oxygen atoms in total. The van der Waals surface area contributed by atoms with Crippen LogP contribution in [0.5, 0.6) is 0 Å². The number of nitrogens with zero attached hydrogens (tertiary/aromatic N) is 9. The first-order valence-corrected chi connectivity index (χ1v) is 45.8. The third-order valence-electron chi connectivity index (χ3n) is 25.7. The molecule has 0 saturated heterocycles. The fourth-order valence-corrected chi connectivity index (χ4v) is 18.7. The standard InChI is InChI=1S/C108H141N9/c1-16-19-22-25-28-31-34-37-40-43-70-115-100-76-94(82-52-64-88(65-53-82)112(10)11)91(79-46-58-85(59-47-79)109(4)5)73-97(100)103-106(115)104-98-74-92(80-48-60-86(61-49-80)110(6)7)95(83-54-66-89(67-55-83)113(12)13)77-101(98)116(71-44-41-38-35-32-29-26-23-20-17-2)108(104)105-99-75-93(81-50-62-87(63-51-81)111(8)9)96(84-56-68-90(69-57-84)114(14)15)78-102(99)117(107(103)105)72-45-42-39-36-33-30-27-24-21-18-3/h46-69,73-78H,16-45,70-72H2,1-15H3. The molecule has 0 radical (unpaired) electrons. The quantitative estimate of drug-likeness (QED) is 0.0354. The molecular weight excluding hydrogens is 1420 g/mol. The van der Waals surface area contributed by atoms with E-state index in [1.54, 1.807) is 0 Å². The second-order valence-electron chi connectivity index (χ2n) is 35.6. The van der Waals surface area contributed by atoms with Crippen LogP contribution in [0.2, 0.25) is 0 Å². The zero-order valence-corrected chi connectivity index (χ0v) is 74.7. The van der Waals surface area contributed by atoms with Crippen molar-refractivity contribution in [2.24, 2.45) is 0 Å². The van der Waals surface area contributed by atoms with Gasteiger partial charge in [-0.15, -0.1) is 0 Å². The molecule has 0 saturated carbocycles. The lowest BCUT2D eigenvalue weighted by molar-refractivity contribution is 0.541. The van der Waals surface area contributed by atoms with Gasteiger partial charge in [0.25, 0.3) is 0 Å². The highest BCUT2D eigenvalue weighted by molar-refractivity contribution is 6.40. The molecule has 117 heavy (non-hydrogen) atoms. The van der Waals surface area contributed by atoms with Crippen molar-refractivity contribution in [2.75, 3.05) is 114 Å². The number of aromatic nitrogens is 3. The summed E-state index contributed by atoms with van der Waals surface area (Å²) in [6.45, 7) is 9.74. The molecule has 0 aliphatic carbocycles. The molecule has 0 aliphatic heterocycles. The van der Waals surface area contributed by atoms with Crippen molar-refractivity contribution in [2.45, 2.75) is 233 Å². The lowest BCUT2D eigenvalue weighted by atomic mass is 9.90. The summed E-state index contributed by atoms with van der Waals surface area (Å²) in [4.78, 5) is 13.4. The van der Waals surface area contributed by atoms with Crippen LogP contribution in [0, 0.1) is 0 Å². The first-order chi connectivity index (χ1) is 57.0. The smallest absolute Gasteiger partial charge is 0.0614 e.